The predicted molar refractivity (Wildman–Crippen MR) is 76.5 cm³/mol. The molecule has 8 heteroatoms. The number of anilines is 1. The number of hydrogen-bond donors (Lipinski definition) is 1. The number of sulfonamides is 1. The first-order chi connectivity index (χ1) is 9.75. The molecule has 1 aromatic rings. The zero-order valence-electron chi connectivity index (χ0n) is 11.9. The topological polar surface area (TPSA) is 66.5 Å². The molecule has 0 atom stereocenters. The molecule has 0 spiro atoms. The van der Waals surface area contributed by atoms with Crippen molar-refractivity contribution in [1.82, 2.24) is 5.32 Å². The highest BCUT2D eigenvalue weighted by molar-refractivity contribution is 7.92. The van der Waals surface area contributed by atoms with Crippen molar-refractivity contribution in [2.45, 2.75) is 19.8 Å². The third-order valence-corrected chi connectivity index (χ3v) is 3.90. The lowest BCUT2D eigenvalue weighted by Crippen LogP contribution is -2.34. The number of amides is 1. The molecule has 0 aliphatic carbocycles. The average Bonchev–Trinajstić information content (AvgIpc) is 2.39. The third-order valence-electron chi connectivity index (χ3n) is 2.71. The van der Waals surface area contributed by atoms with E-state index >= 15 is 0 Å². The average molecular weight is 320 g/mol. The Bertz CT molecular complexity index is 605. The van der Waals surface area contributed by atoms with Gasteiger partial charge >= 0.3 is 0 Å². The Hall–Kier alpha value is -1.70. The second-order valence-electron chi connectivity index (χ2n) is 4.53. The van der Waals surface area contributed by atoms with Gasteiger partial charge < -0.3 is 5.32 Å². The molecule has 21 heavy (non-hydrogen) atoms. The van der Waals surface area contributed by atoms with Crippen molar-refractivity contribution in [3.8, 4) is 0 Å². The van der Waals surface area contributed by atoms with E-state index in [2.05, 4.69) is 5.32 Å². The zero-order valence-corrected chi connectivity index (χ0v) is 12.7. The van der Waals surface area contributed by atoms with E-state index in [0.717, 1.165) is 35.2 Å². The standard InChI is InChI=1S/C13H18F2N2O3S/c1-3-7-16-13(18)6-8-17(21(2,19)20)10-4-5-11(14)12(15)9-10/h4-5,9H,3,6-8H2,1-2H3,(H,16,18). The van der Waals surface area contributed by atoms with Gasteiger partial charge in [-0.1, -0.05) is 6.92 Å². The van der Waals surface area contributed by atoms with Crippen LogP contribution in [0.4, 0.5) is 14.5 Å². The number of nitrogens with one attached hydrogen (secondary N) is 1. The summed E-state index contributed by atoms with van der Waals surface area (Å²) in [6.45, 7) is 2.26. The second-order valence-corrected chi connectivity index (χ2v) is 6.44. The highest BCUT2D eigenvalue weighted by Crippen LogP contribution is 2.20. The maximum absolute atomic E-state index is 13.2. The molecule has 0 unspecified atom stereocenters. The second kappa shape index (κ2) is 7.35. The molecule has 0 radical (unpaired) electrons. The van der Waals surface area contributed by atoms with Crippen molar-refractivity contribution in [2.24, 2.45) is 0 Å². The Morgan fingerprint density at radius 2 is 1.95 bits per heavy atom. The number of hydrogen-bond acceptors (Lipinski definition) is 3. The van der Waals surface area contributed by atoms with Gasteiger partial charge in [-0.3, -0.25) is 9.10 Å². The Morgan fingerprint density at radius 1 is 1.29 bits per heavy atom. The van der Waals surface area contributed by atoms with Gasteiger partial charge in [-0.2, -0.15) is 0 Å². The van der Waals surface area contributed by atoms with Gasteiger partial charge in [-0.25, -0.2) is 17.2 Å². The van der Waals surface area contributed by atoms with Crippen LogP contribution >= 0.6 is 0 Å². The summed E-state index contributed by atoms with van der Waals surface area (Å²) < 4.78 is 50.5. The predicted octanol–water partition coefficient (Wildman–Crippen LogP) is 1.65. The maximum atomic E-state index is 13.2. The minimum Gasteiger partial charge on any atom is -0.356 e. The van der Waals surface area contributed by atoms with Crippen LogP contribution in [0.15, 0.2) is 18.2 Å². The fourth-order valence-corrected chi connectivity index (χ4v) is 2.60. The molecule has 0 fully saturated rings. The van der Waals surface area contributed by atoms with Gasteiger partial charge in [0, 0.05) is 25.6 Å². The Labute approximate surface area is 123 Å². The van der Waals surface area contributed by atoms with Gasteiger partial charge in [-0.15, -0.1) is 0 Å². The fourth-order valence-electron chi connectivity index (χ4n) is 1.68. The molecule has 0 saturated heterocycles. The Morgan fingerprint density at radius 3 is 2.48 bits per heavy atom. The summed E-state index contributed by atoms with van der Waals surface area (Å²) >= 11 is 0. The highest BCUT2D eigenvalue weighted by atomic mass is 32.2. The number of halogens is 2. The van der Waals surface area contributed by atoms with Crippen molar-refractivity contribution < 1.29 is 22.0 Å². The molecule has 0 bridgehead atoms. The molecule has 0 saturated carbocycles. The monoisotopic (exact) mass is 320 g/mol. The summed E-state index contributed by atoms with van der Waals surface area (Å²) in [5, 5.41) is 2.62. The van der Waals surface area contributed by atoms with E-state index in [1.165, 1.54) is 0 Å². The van der Waals surface area contributed by atoms with Crippen molar-refractivity contribution >= 4 is 21.6 Å². The summed E-state index contributed by atoms with van der Waals surface area (Å²) in [6.07, 6.45) is 1.65. The van der Waals surface area contributed by atoms with Gasteiger partial charge in [0.05, 0.1) is 11.9 Å². The van der Waals surface area contributed by atoms with Gasteiger partial charge in [-0.05, 0) is 18.6 Å². The molecule has 0 heterocycles. The third kappa shape index (κ3) is 5.30. The fraction of sp³-hybridized carbons (Fsp3) is 0.462. The van der Waals surface area contributed by atoms with Crippen molar-refractivity contribution in [3.05, 3.63) is 29.8 Å². The van der Waals surface area contributed by atoms with E-state index in [1.54, 1.807) is 0 Å². The van der Waals surface area contributed by atoms with Gasteiger partial charge in [0.1, 0.15) is 0 Å². The largest absolute Gasteiger partial charge is 0.356 e. The lowest BCUT2D eigenvalue weighted by atomic mass is 10.3. The smallest absolute Gasteiger partial charge is 0.232 e. The highest BCUT2D eigenvalue weighted by Gasteiger charge is 2.19. The van der Waals surface area contributed by atoms with E-state index in [1.807, 2.05) is 6.92 Å². The van der Waals surface area contributed by atoms with Crippen molar-refractivity contribution in [1.29, 1.82) is 0 Å². The first-order valence-electron chi connectivity index (χ1n) is 6.45. The maximum Gasteiger partial charge on any atom is 0.232 e. The van der Waals surface area contributed by atoms with Crippen molar-refractivity contribution in [2.75, 3.05) is 23.7 Å². The molecular formula is C13H18F2N2O3S. The molecule has 1 rings (SSSR count). The summed E-state index contributed by atoms with van der Waals surface area (Å²) in [7, 11) is -3.70. The van der Waals surface area contributed by atoms with Crippen LogP contribution in [0.3, 0.4) is 0 Å². The summed E-state index contributed by atoms with van der Waals surface area (Å²) in [6, 6.07) is 2.80. The van der Waals surface area contributed by atoms with Crippen LogP contribution in [0.5, 0.6) is 0 Å². The van der Waals surface area contributed by atoms with E-state index < -0.39 is 21.7 Å². The SMILES string of the molecule is CCCNC(=O)CCN(c1ccc(F)c(F)c1)S(C)(=O)=O. The normalized spacial score (nSPS) is 11.2. The van der Waals surface area contributed by atoms with Crippen LogP contribution in [0.2, 0.25) is 0 Å². The van der Waals surface area contributed by atoms with Crippen LogP contribution < -0.4 is 9.62 Å². The van der Waals surface area contributed by atoms with Gasteiger partial charge in [0.25, 0.3) is 0 Å². The molecule has 1 N–H and O–H groups in total. The summed E-state index contributed by atoms with van der Waals surface area (Å²) in [5.74, 6) is -2.50. The molecular weight excluding hydrogens is 302 g/mol. The molecule has 0 aromatic heterocycles. The Kier molecular flexibility index (Phi) is 6.07. The van der Waals surface area contributed by atoms with Crippen LogP contribution in [0, 0.1) is 11.6 Å². The van der Waals surface area contributed by atoms with E-state index in [9.17, 15) is 22.0 Å². The minimum absolute atomic E-state index is 0.0142. The van der Waals surface area contributed by atoms with E-state index in [0.29, 0.717) is 6.54 Å². The quantitative estimate of drug-likeness (QED) is 0.831. The van der Waals surface area contributed by atoms with Crippen LogP contribution in [-0.2, 0) is 14.8 Å². The number of carbonyl (C=O) groups is 1. The molecule has 0 aliphatic rings. The Balaban J connectivity index is 2.87. The molecule has 118 valence electrons. The van der Waals surface area contributed by atoms with E-state index in [-0.39, 0.29) is 24.6 Å². The molecule has 1 amide bonds. The lowest BCUT2D eigenvalue weighted by Gasteiger charge is -2.22. The molecule has 5 nitrogen and oxygen atoms in total. The molecule has 0 aliphatic heterocycles. The van der Waals surface area contributed by atoms with E-state index in [4.69, 9.17) is 0 Å². The summed E-state index contributed by atoms with van der Waals surface area (Å²) in [4.78, 5) is 11.5. The number of rotatable bonds is 7. The van der Waals surface area contributed by atoms with Crippen LogP contribution in [-0.4, -0.2) is 33.7 Å². The first-order valence-corrected chi connectivity index (χ1v) is 8.30. The number of nitrogens with zero attached hydrogens (tertiary/aromatic N) is 1. The molecule has 1 aromatic carbocycles. The van der Waals surface area contributed by atoms with Crippen LogP contribution in [0.1, 0.15) is 19.8 Å². The lowest BCUT2D eigenvalue weighted by molar-refractivity contribution is -0.120. The zero-order chi connectivity index (χ0) is 16.0. The van der Waals surface area contributed by atoms with Crippen LogP contribution in [0.25, 0.3) is 0 Å². The van der Waals surface area contributed by atoms with Crippen molar-refractivity contribution in [3.63, 3.8) is 0 Å². The minimum atomic E-state index is -3.70. The number of carbonyl (C=O) groups excluding carboxylic acids is 1. The van der Waals surface area contributed by atoms with Gasteiger partial charge in [0.2, 0.25) is 15.9 Å². The van der Waals surface area contributed by atoms with Gasteiger partial charge in [0.15, 0.2) is 11.6 Å². The first kappa shape index (κ1) is 17.4. The summed E-state index contributed by atoms with van der Waals surface area (Å²) in [5.41, 5.74) is -0.0142. The number of benzene rings is 1.